The van der Waals surface area contributed by atoms with Crippen LogP contribution in [0.2, 0.25) is 0 Å². The second-order valence-corrected chi connectivity index (χ2v) is 6.82. The third-order valence-corrected chi connectivity index (χ3v) is 4.18. The van der Waals surface area contributed by atoms with Gasteiger partial charge in [-0.15, -0.1) is 0 Å². The lowest BCUT2D eigenvalue weighted by molar-refractivity contribution is -0.150. The van der Waals surface area contributed by atoms with E-state index >= 15 is 0 Å². The quantitative estimate of drug-likeness (QED) is 0.552. The van der Waals surface area contributed by atoms with Crippen molar-refractivity contribution >= 4 is 39.4 Å². The number of esters is 1. The van der Waals surface area contributed by atoms with Crippen molar-refractivity contribution < 1.29 is 28.6 Å². The number of amides is 2. The van der Waals surface area contributed by atoms with Crippen molar-refractivity contribution in [3.63, 3.8) is 0 Å². The Morgan fingerprint density at radius 3 is 2.31 bits per heavy atom. The summed E-state index contributed by atoms with van der Waals surface area (Å²) in [5.74, 6) is -0.558. The summed E-state index contributed by atoms with van der Waals surface area (Å²) in [6, 6.07) is 12.1. The fourth-order valence-corrected chi connectivity index (χ4v) is 2.67. The topological polar surface area (TPSA) is 103 Å². The maximum absolute atomic E-state index is 11.9. The molecule has 2 amide bonds. The molecule has 0 radical (unpaired) electrons. The minimum absolute atomic E-state index is 0.242. The summed E-state index contributed by atoms with van der Waals surface area (Å²) in [5, 5.41) is 5.08. The molecule has 0 aliphatic rings. The second kappa shape index (κ2) is 11.1. The smallest absolute Gasteiger partial charge is 0.344 e. The molecule has 0 spiro atoms. The Morgan fingerprint density at radius 1 is 0.966 bits per heavy atom. The highest BCUT2D eigenvalue weighted by molar-refractivity contribution is 9.10. The second-order valence-electron chi connectivity index (χ2n) is 5.91. The molecule has 9 heteroatoms. The van der Waals surface area contributed by atoms with E-state index in [4.69, 9.17) is 14.2 Å². The molecule has 0 saturated heterocycles. The average molecular weight is 465 g/mol. The molecule has 0 aromatic heterocycles. The van der Waals surface area contributed by atoms with E-state index in [9.17, 15) is 14.4 Å². The van der Waals surface area contributed by atoms with Crippen LogP contribution in [0.25, 0.3) is 0 Å². The van der Waals surface area contributed by atoms with Gasteiger partial charge in [0.05, 0.1) is 13.7 Å². The van der Waals surface area contributed by atoms with Gasteiger partial charge in [-0.05, 0) is 55.0 Å². The van der Waals surface area contributed by atoms with Gasteiger partial charge >= 0.3 is 5.97 Å². The number of carbonyl (C=O) groups is 3. The Hall–Kier alpha value is -3.07. The minimum Gasteiger partial charge on any atom is -0.497 e. The zero-order valence-electron chi connectivity index (χ0n) is 16.0. The van der Waals surface area contributed by atoms with Crippen LogP contribution in [-0.4, -0.2) is 44.7 Å². The SMILES string of the molecule is COc1ccc(OCC(=O)OCC(=O)NCC(=O)Nc2ccc(Br)cc2C)cc1. The first-order valence-corrected chi connectivity index (χ1v) is 9.42. The van der Waals surface area contributed by atoms with Crippen molar-refractivity contribution in [1.29, 1.82) is 0 Å². The molecule has 0 aliphatic heterocycles. The average Bonchev–Trinajstić information content (AvgIpc) is 2.71. The van der Waals surface area contributed by atoms with E-state index in [0.29, 0.717) is 17.2 Å². The number of aryl methyl sites for hydroxylation is 1. The Morgan fingerprint density at radius 2 is 1.66 bits per heavy atom. The van der Waals surface area contributed by atoms with Gasteiger partial charge in [0, 0.05) is 10.2 Å². The van der Waals surface area contributed by atoms with Gasteiger partial charge < -0.3 is 24.8 Å². The van der Waals surface area contributed by atoms with Crippen molar-refractivity contribution in [3.05, 3.63) is 52.5 Å². The van der Waals surface area contributed by atoms with Gasteiger partial charge in [0.25, 0.3) is 5.91 Å². The fourth-order valence-electron chi connectivity index (χ4n) is 2.19. The number of nitrogens with one attached hydrogen (secondary N) is 2. The monoisotopic (exact) mass is 464 g/mol. The first kappa shape index (κ1) is 22.2. The minimum atomic E-state index is -0.703. The highest BCUT2D eigenvalue weighted by atomic mass is 79.9. The van der Waals surface area contributed by atoms with Gasteiger partial charge in [-0.1, -0.05) is 15.9 Å². The molecule has 0 atom stereocenters. The summed E-state index contributed by atoms with van der Waals surface area (Å²) in [7, 11) is 1.55. The van der Waals surface area contributed by atoms with Gasteiger partial charge in [-0.3, -0.25) is 9.59 Å². The van der Waals surface area contributed by atoms with E-state index in [2.05, 4.69) is 26.6 Å². The lowest BCUT2D eigenvalue weighted by atomic mass is 10.2. The predicted octanol–water partition coefficient (Wildman–Crippen LogP) is 2.44. The summed E-state index contributed by atoms with van der Waals surface area (Å²) in [5.41, 5.74) is 1.53. The van der Waals surface area contributed by atoms with Crippen LogP contribution in [0.15, 0.2) is 46.9 Å². The Labute approximate surface area is 176 Å². The molecule has 2 rings (SSSR count). The highest BCUT2D eigenvalue weighted by Gasteiger charge is 2.11. The number of carbonyl (C=O) groups excluding carboxylic acids is 3. The van der Waals surface area contributed by atoms with Crippen molar-refractivity contribution in [3.8, 4) is 11.5 Å². The summed E-state index contributed by atoms with van der Waals surface area (Å²) in [6.07, 6.45) is 0. The predicted molar refractivity (Wildman–Crippen MR) is 110 cm³/mol. The van der Waals surface area contributed by atoms with E-state index in [0.717, 1.165) is 10.0 Å². The van der Waals surface area contributed by atoms with Gasteiger partial charge in [-0.25, -0.2) is 4.79 Å². The van der Waals surface area contributed by atoms with Crippen molar-refractivity contribution in [2.45, 2.75) is 6.92 Å². The van der Waals surface area contributed by atoms with Crippen LogP contribution in [0.4, 0.5) is 5.69 Å². The number of methoxy groups -OCH3 is 1. The highest BCUT2D eigenvalue weighted by Crippen LogP contribution is 2.20. The van der Waals surface area contributed by atoms with E-state index in [1.807, 2.05) is 13.0 Å². The molecule has 0 unspecified atom stereocenters. The van der Waals surface area contributed by atoms with Crippen LogP contribution in [0.3, 0.4) is 0 Å². The van der Waals surface area contributed by atoms with E-state index in [1.165, 1.54) is 0 Å². The Kier molecular flexibility index (Phi) is 8.47. The van der Waals surface area contributed by atoms with Crippen molar-refractivity contribution in [1.82, 2.24) is 5.32 Å². The number of benzene rings is 2. The standard InChI is InChI=1S/C20H21BrN2O6/c1-13-9-14(21)3-8-17(13)23-18(24)10-22-19(25)11-29-20(26)12-28-16-6-4-15(27-2)5-7-16/h3-9H,10-12H2,1-2H3,(H,22,25)(H,23,24). The van der Waals surface area contributed by atoms with Crippen LogP contribution in [-0.2, 0) is 19.1 Å². The third-order valence-electron chi connectivity index (χ3n) is 3.69. The molecule has 29 heavy (non-hydrogen) atoms. The number of hydrogen-bond donors (Lipinski definition) is 2. The first-order chi connectivity index (χ1) is 13.9. The van der Waals surface area contributed by atoms with Gasteiger partial charge in [-0.2, -0.15) is 0 Å². The number of hydrogen-bond acceptors (Lipinski definition) is 6. The molecule has 0 bridgehead atoms. The van der Waals surface area contributed by atoms with E-state index < -0.39 is 24.4 Å². The molecular formula is C20H21BrN2O6. The number of halogens is 1. The van der Waals surface area contributed by atoms with Crippen molar-refractivity contribution in [2.75, 3.05) is 32.2 Å². The van der Waals surface area contributed by atoms with Crippen LogP contribution in [0.1, 0.15) is 5.56 Å². The molecule has 0 aliphatic carbocycles. The van der Waals surface area contributed by atoms with Crippen molar-refractivity contribution in [2.24, 2.45) is 0 Å². The lowest BCUT2D eigenvalue weighted by Crippen LogP contribution is -2.36. The molecule has 2 N–H and O–H groups in total. The van der Waals surface area contributed by atoms with Crippen LogP contribution in [0, 0.1) is 6.92 Å². The number of ether oxygens (including phenoxy) is 3. The lowest BCUT2D eigenvalue weighted by Gasteiger charge is -2.10. The molecule has 8 nitrogen and oxygen atoms in total. The molecule has 0 saturated carbocycles. The normalized spacial score (nSPS) is 10.0. The van der Waals surface area contributed by atoms with Gasteiger partial charge in [0.1, 0.15) is 11.5 Å². The molecule has 0 fully saturated rings. The van der Waals surface area contributed by atoms with Gasteiger partial charge in [0.2, 0.25) is 5.91 Å². The maximum atomic E-state index is 11.9. The molecular weight excluding hydrogens is 444 g/mol. The third kappa shape index (κ3) is 7.82. The molecule has 154 valence electrons. The molecule has 2 aromatic rings. The van der Waals surface area contributed by atoms with Crippen LogP contribution >= 0.6 is 15.9 Å². The maximum Gasteiger partial charge on any atom is 0.344 e. The molecule has 0 heterocycles. The number of anilines is 1. The molecule has 2 aromatic carbocycles. The summed E-state index contributed by atoms with van der Waals surface area (Å²) in [4.78, 5) is 35.3. The fraction of sp³-hybridized carbons (Fsp3) is 0.250. The zero-order chi connectivity index (χ0) is 21.2. The van der Waals surface area contributed by atoms with E-state index in [1.54, 1.807) is 43.5 Å². The van der Waals surface area contributed by atoms with E-state index in [-0.39, 0.29) is 13.2 Å². The number of rotatable bonds is 9. The van der Waals surface area contributed by atoms with Crippen LogP contribution in [0.5, 0.6) is 11.5 Å². The summed E-state index contributed by atoms with van der Waals surface area (Å²) in [6.45, 7) is 0.763. The first-order valence-electron chi connectivity index (χ1n) is 8.62. The van der Waals surface area contributed by atoms with Gasteiger partial charge in [0.15, 0.2) is 13.2 Å². The zero-order valence-corrected chi connectivity index (χ0v) is 17.6. The summed E-state index contributed by atoms with van der Waals surface area (Å²) < 4.78 is 16.0. The van der Waals surface area contributed by atoms with Crippen LogP contribution < -0.4 is 20.1 Å². The Balaban J connectivity index is 1.65. The Bertz CT molecular complexity index is 870. The largest absolute Gasteiger partial charge is 0.497 e. The summed E-state index contributed by atoms with van der Waals surface area (Å²) >= 11 is 3.35.